The summed E-state index contributed by atoms with van der Waals surface area (Å²) in [5.74, 6) is 0.878. The van der Waals surface area contributed by atoms with Gasteiger partial charge in [-0.3, -0.25) is 0 Å². The molecule has 0 saturated heterocycles. The van der Waals surface area contributed by atoms with Crippen molar-refractivity contribution in [1.29, 1.82) is 5.26 Å². The molecule has 0 spiro atoms. The van der Waals surface area contributed by atoms with Crippen LogP contribution in [0.25, 0.3) is 0 Å². The fraction of sp³-hybridized carbons (Fsp3) is 0.973. The molecule has 0 fully saturated rings. The van der Waals surface area contributed by atoms with Gasteiger partial charge >= 0.3 is 0 Å². The second-order valence-electron chi connectivity index (χ2n) is 12.8. The Morgan fingerprint density at radius 2 is 0.579 bits per heavy atom. The summed E-state index contributed by atoms with van der Waals surface area (Å²) < 4.78 is 0. The first-order valence-corrected chi connectivity index (χ1v) is 18.2. The van der Waals surface area contributed by atoms with E-state index in [2.05, 4.69) is 26.8 Å². The van der Waals surface area contributed by atoms with E-state index in [9.17, 15) is 5.26 Å². The number of rotatable bonds is 32. The zero-order valence-electron chi connectivity index (χ0n) is 27.0. The molecule has 0 saturated carbocycles. The van der Waals surface area contributed by atoms with Crippen molar-refractivity contribution in [2.75, 3.05) is 0 Å². The van der Waals surface area contributed by atoms with E-state index in [0.29, 0.717) is 5.92 Å². The third kappa shape index (κ3) is 28.5. The van der Waals surface area contributed by atoms with Crippen molar-refractivity contribution < 1.29 is 0 Å². The lowest BCUT2D eigenvalue weighted by Gasteiger charge is -2.19. The molecule has 0 aliphatic heterocycles. The highest BCUT2D eigenvalue weighted by Gasteiger charge is 2.16. The summed E-state index contributed by atoms with van der Waals surface area (Å²) in [5, 5.41) is 9.50. The van der Waals surface area contributed by atoms with Crippen molar-refractivity contribution >= 4 is 0 Å². The van der Waals surface area contributed by atoms with Crippen LogP contribution in [0.4, 0.5) is 0 Å². The van der Waals surface area contributed by atoms with Gasteiger partial charge in [0.2, 0.25) is 0 Å². The minimum Gasteiger partial charge on any atom is -0.198 e. The third-order valence-corrected chi connectivity index (χ3v) is 9.02. The molecule has 0 radical (unpaired) electrons. The van der Waals surface area contributed by atoms with Crippen molar-refractivity contribution in [1.82, 2.24) is 0 Å². The number of hydrogen-bond donors (Lipinski definition) is 0. The minimum atomic E-state index is 0.239. The van der Waals surface area contributed by atoms with Crippen LogP contribution in [0.5, 0.6) is 0 Å². The van der Waals surface area contributed by atoms with Crippen LogP contribution in [0.3, 0.4) is 0 Å². The van der Waals surface area contributed by atoms with Gasteiger partial charge in [-0.15, -0.1) is 0 Å². The quantitative estimate of drug-likeness (QED) is 0.0791. The third-order valence-electron chi connectivity index (χ3n) is 9.02. The first kappa shape index (κ1) is 37.5. The maximum Gasteiger partial charge on any atom is 0.0655 e. The van der Waals surface area contributed by atoms with Crippen LogP contribution in [-0.4, -0.2) is 0 Å². The first-order valence-electron chi connectivity index (χ1n) is 18.2. The van der Waals surface area contributed by atoms with Crippen LogP contribution in [0.1, 0.15) is 220 Å². The molecule has 0 aromatic rings. The van der Waals surface area contributed by atoms with Gasteiger partial charge in [-0.05, 0) is 25.7 Å². The van der Waals surface area contributed by atoms with Gasteiger partial charge in [0.05, 0.1) is 6.07 Å². The number of hydrogen-bond acceptors (Lipinski definition) is 1. The van der Waals surface area contributed by atoms with Gasteiger partial charge in [0, 0.05) is 5.92 Å². The van der Waals surface area contributed by atoms with Gasteiger partial charge in [-0.1, -0.05) is 200 Å². The molecule has 226 valence electrons. The molecule has 0 N–H and O–H groups in total. The maximum atomic E-state index is 9.50. The molecular formula is C37H73N. The summed E-state index contributed by atoms with van der Waals surface area (Å²) in [5.41, 5.74) is 0. The lowest BCUT2D eigenvalue weighted by atomic mass is 9.85. The zero-order valence-corrected chi connectivity index (χ0v) is 27.0. The summed E-state index contributed by atoms with van der Waals surface area (Å²) in [7, 11) is 0. The summed E-state index contributed by atoms with van der Waals surface area (Å²) in [6.45, 7) is 6.76. The lowest BCUT2D eigenvalue weighted by molar-refractivity contribution is 0.341. The Bertz CT molecular complexity index is 464. The van der Waals surface area contributed by atoms with Crippen LogP contribution in [0.15, 0.2) is 0 Å². The largest absolute Gasteiger partial charge is 0.198 e. The molecule has 1 nitrogen and oxygen atoms in total. The Balaban J connectivity index is 3.50. The van der Waals surface area contributed by atoms with Crippen LogP contribution < -0.4 is 0 Å². The Kier molecular flexibility index (Phi) is 32.3. The van der Waals surface area contributed by atoms with Gasteiger partial charge in [-0.2, -0.15) is 5.26 Å². The number of unbranched alkanes of at least 4 members (excludes halogenated alkanes) is 27. The normalized spacial score (nSPS) is 13.0. The second kappa shape index (κ2) is 32.7. The molecule has 2 unspecified atom stereocenters. The Hall–Kier alpha value is -0.510. The van der Waals surface area contributed by atoms with E-state index in [1.807, 2.05) is 0 Å². The van der Waals surface area contributed by atoms with Gasteiger partial charge in [-0.25, -0.2) is 0 Å². The van der Waals surface area contributed by atoms with E-state index >= 15 is 0 Å². The monoisotopic (exact) mass is 532 g/mol. The van der Waals surface area contributed by atoms with Gasteiger partial charge in [0.1, 0.15) is 0 Å². The van der Waals surface area contributed by atoms with Crippen molar-refractivity contribution in [3.8, 4) is 6.07 Å². The van der Waals surface area contributed by atoms with Crippen molar-refractivity contribution in [2.24, 2.45) is 11.8 Å². The predicted molar refractivity (Wildman–Crippen MR) is 173 cm³/mol. The summed E-state index contributed by atoms with van der Waals surface area (Å²) in [6, 6.07) is 2.57. The topological polar surface area (TPSA) is 23.8 Å². The van der Waals surface area contributed by atoms with Gasteiger partial charge in [0.15, 0.2) is 0 Å². The molecule has 0 amide bonds. The van der Waals surface area contributed by atoms with E-state index in [-0.39, 0.29) is 5.92 Å². The highest BCUT2D eigenvalue weighted by Crippen LogP contribution is 2.26. The summed E-state index contributed by atoms with van der Waals surface area (Å²) in [6.07, 6.45) is 44.0. The standard InChI is InChI=1S/C37H73N/c1-4-6-8-10-12-14-16-18-20-22-24-26-28-30-32-34-37(36(3)35-38)33-31-29-27-25-23-21-19-17-15-13-11-9-7-5-2/h36-37H,4-34H2,1-3H3. The average Bonchev–Trinajstić information content (AvgIpc) is 2.93. The molecule has 0 aliphatic rings. The molecule has 38 heavy (non-hydrogen) atoms. The SMILES string of the molecule is CCCCCCCCCCCCCCCCCC(CCCCCCCCCCCCCCCC)C(C)C#N. The second-order valence-corrected chi connectivity index (χ2v) is 12.8. The minimum absolute atomic E-state index is 0.239. The van der Waals surface area contributed by atoms with E-state index in [1.54, 1.807) is 0 Å². The maximum absolute atomic E-state index is 9.50. The van der Waals surface area contributed by atoms with E-state index in [1.165, 1.54) is 199 Å². The van der Waals surface area contributed by atoms with Crippen LogP contribution in [-0.2, 0) is 0 Å². The molecular weight excluding hydrogens is 458 g/mol. The molecule has 0 rings (SSSR count). The van der Waals surface area contributed by atoms with Crippen molar-refractivity contribution in [3.63, 3.8) is 0 Å². The highest BCUT2D eigenvalue weighted by molar-refractivity contribution is 4.84. The fourth-order valence-corrected chi connectivity index (χ4v) is 6.13. The Labute approximate surface area is 242 Å². The molecule has 0 heterocycles. The summed E-state index contributed by atoms with van der Waals surface area (Å²) in [4.78, 5) is 0. The van der Waals surface area contributed by atoms with Gasteiger partial charge < -0.3 is 0 Å². The molecule has 2 atom stereocenters. The number of nitrogens with zero attached hydrogens (tertiary/aromatic N) is 1. The first-order chi connectivity index (χ1) is 18.8. The zero-order chi connectivity index (χ0) is 27.8. The fourth-order valence-electron chi connectivity index (χ4n) is 6.13. The lowest BCUT2D eigenvalue weighted by Crippen LogP contribution is -2.10. The van der Waals surface area contributed by atoms with E-state index < -0.39 is 0 Å². The van der Waals surface area contributed by atoms with E-state index in [0.717, 1.165) is 0 Å². The van der Waals surface area contributed by atoms with Crippen LogP contribution in [0.2, 0.25) is 0 Å². The molecule has 0 aromatic carbocycles. The highest BCUT2D eigenvalue weighted by atomic mass is 14.3. The average molecular weight is 532 g/mol. The van der Waals surface area contributed by atoms with Crippen LogP contribution in [0, 0.1) is 23.2 Å². The van der Waals surface area contributed by atoms with Gasteiger partial charge in [0.25, 0.3) is 0 Å². The van der Waals surface area contributed by atoms with Crippen molar-refractivity contribution in [2.45, 2.75) is 220 Å². The van der Waals surface area contributed by atoms with E-state index in [4.69, 9.17) is 0 Å². The summed E-state index contributed by atoms with van der Waals surface area (Å²) >= 11 is 0. The molecule has 0 aromatic heterocycles. The van der Waals surface area contributed by atoms with Crippen LogP contribution >= 0.6 is 0 Å². The molecule has 0 bridgehead atoms. The molecule has 1 heteroatoms. The predicted octanol–water partition coefficient (Wildman–Crippen LogP) is 13.9. The molecule has 0 aliphatic carbocycles. The Morgan fingerprint density at radius 1 is 0.368 bits per heavy atom. The Morgan fingerprint density at radius 3 is 0.789 bits per heavy atom. The van der Waals surface area contributed by atoms with Crippen molar-refractivity contribution in [3.05, 3.63) is 0 Å². The number of nitriles is 1. The smallest absolute Gasteiger partial charge is 0.0655 e.